The first-order valence-electron chi connectivity index (χ1n) is 13.0. The Kier molecular flexibility index (Phi) is 15.1. The zero-order chi connectivity index (χ0) is 23.8. The Morgan fingerprint density at radius 1 is 1.03 bits per heavy atom. The maximum atomic E-state index is 12.8. The molecular formula is C26H47NO5. The molecule has 1 heterocycles. The Morgan fingerprint density at radius 2 is 1.66 bits per heavy atom. The van der Waals surface area contributed by atoms with Crippen LogP contribution in [0.5, 0.6) is 0 Å². The Morgan fingerprint density at radius 3 is 2.25 bits per heavy atom. The largest absolute Gasteiger partial charge is 0.461 e. The lowest BCUT2D eigenvalue weighted by Gasteiger charge is -2.37. The summed E-state index contributed by atoms with van der Waals surface area (Å²) in [6, 6.07) is -0.631. The van der Waals surface area contributed by atoms with Crippen LogP contribution in [0.15, 0.2) is 0 Å². The molecule has 0 saturated carbocycles. The molecule has 1 rings (SSSR count). The minimum atomic E-state index is -0.631. The molecule has 0 aromatic carbocycles. The minimum Gasteiger partial charge on any atom is -0.461 e. The van der Waals surface area contributed by atoms with Crippen molar-refractivity contribution >= 4 is 18.3 Å². The molecule has 1 aliphatic rings. The number of carbonyl (C=O) groups excluding carboxylic acids is 3. The van der Waals surface area contributed by atoms with Crippen LogP contribution < -0.4 is 5.32 Å². The van der Waals surface area contributed by atoms with Gasteiger partial charge in [-0.1, -0.05) is 85.5 Å². The monoisotopic (exact) mass is 453 g/mol. The molecule has 1 aliphatic heterocycles. The molecule has 1 N–H and O–H groups in total. The van der Waals surface area contributed by atoms with Crippen LogP contribution in [-0.4, -0.2) is 36.6 Å². The number of unbranched alkanes of at least 4 members (excludes halogenated alkanes) is 8. The fourth-order valence-corrected chi connectivity index (χ4v) is 4.37. The van der Waals surface area contributed by atoms with Gasteiger partial charge in [-0.2, -0.15) is 0 Å². The molecular weight excluding hydrogens is 406 g/mol. The van der Waals surface area contributed by atoms with E-state index in [1.54, 1.807) is 0 Å². The van der Waals surface area contributed by atoms with Gasteiger partial charge in [0, 0.05) is 6.42 Å². The van der Waals surface area contributed by atoms with Crippen molar-refractivity contribution < 1.29 is 23.9 Å². The van der Waals surface area contributed by atoms with Crippen molar-refractivity contribution in [2.75, 3.05) is 0 Å². The van der Waals surface area contributed by atoms with Crippen LogP contribution in [-0.2, 0) is 23.9 Å². The first-order valence-corrected chi connectivity index (χ1v) is 13.0. The van der Waals surface area contributed by atoms with Crippen LogP contribution in [0.2, 0.25) is 0 Å². The van der Waals surface area contributed by atoms with Crippen molar-refractivity contribution in [3.63, 3.8) is 0 Å². The molecule has 0 bridgehead atoms. The standard InChI is InChI=1S/C26H47NO5/c1-5-7-9-11-12-13-15-21(31-26(30)23(27-19-28)17-20(3)4)18-24-22(25(29)32-24)16-14-10-8-6-2/h19-24H,5-18H2,1-4H3,(H,27,28)/t21-,22-,23-,24-/m0/s1. The van der Waals surface area contributed by atoms with E-state index in [0.717, 1.165) is 38.5 Å². The molecule has 32 heavy (non-hydrogen) atoms. The van der Waals surface area contributed by atoms with Gasteiger partial charge in [0.1, 0.15) is 18.2 Å². The molecule has 0 unspecified atom stereocenters. The van der Waals surface area contributed by atoms with E-state index in [-0.39, 0.29) is 36.0 Å². The van der Waals surface area contributed by atoms with E-state index in [1.165, 1.54) is 38.5 Å². The number of amides is 1. The van der Waals surface area contributed by atoms with Crippen molar-refractivity contribution in [3.05, 3.63) is 0 Å². The van der Waals surface area contributed by atoms with Crippen LogP contribution in [0.3, 0.4) is 0 Å². The quantitative estimate of drug-likeness (QED) is 0.145. The van der Waals surface area contributed by atoms with Crippen molar-refractivity contribution in [1.29, 1.82) is 0 Å². The lowest BCUT2D eigenvalue weighted by Crippen LogP contribution is -2.48. The highest BCUT2D eigenvalue weighted by molar-refractivity contribution is 5.79. The van der Waals surface area contributed by atoms with E-state index in [4.69, 9.17) is 9.47 Å². The summed E-state index contributed by atoms with van der Waals surface area (Å²) in [5, 5.41) is 2.61. The summed E-state index contributed by atoms with van der Waals surface area (Å²) in [6.45, 7) is 8.40. The number of esters is 2. The molecule has 6 heteroatoms. The number of rotatable bonds is 20. The molecule has 0 aliphatic carbocycles. The van der Waals surface area contributed by atoms with Gasteiger partial charge in [-0.25, -0.2) is 4.79 Å². The highest BCUT2D eigenvalue weighted by Crippen LogP contribution is 2.32. The Hall–Kier alpha value is -1.59. The van der Waals surface area contributed by atoms with Crippen LogP contribution >= 0.6 is 0 Å². The van der Waals surface area contributed by atoms with E-state index >= 15 is 0 Å². The van der Waals surface area contributed by atoms with E-state index in [2.05, 4.69) is 19.2 Å². The number of cyclic esters (lactones) is 1. The molecule has 0 aromatic heterocycles. The Balaban J connectivity index is 2.65. The Bertz CT molecular complexity index is 536. The fourth-order valence-electron chi connectivity index (χ4n) is 4.37. The van der Waals surface area contributed by atoms with E-state index in [0.29, 0.717) is 19.3 Å². The zero-order valence-electron chi connectivity index (χ0n) is 20.9. The normalized spacial score (nSPS) is 19.7. The van der Waals surface area contributed by atoms with Gasteiger partial charge in [0.2, 0.25) is 6.41 Å². The molecule has 0 radical (unpaired) electrons. The van der Waals surface area contributed by atoms with Gasteiger partial charge in [0.15, 0.2) is 0 Å². The summed E-state index contributed by atoms with van der Waals surface area (Å²) < 4.78 is 11.3. The van der Waals surface area contributed by atoms with Gasteiger partial charge in [-0.05, 0) is 31.6 Å². The number of nitrogens with one attached hydrogen (secondary N) is 1. The van der Waals surface area contributed by atoms with Gasteiger partial charge in [0.25, 0.3) is 0 Å². The molecule has 1 saturated heterocycles. The van der Waals surface area contributed by atoms with Gasteiger partial charge in [-0.3, -0.25) is 9.59 Å². The maximum Gasteiger partial charge on any atom is 0.328 e. The molecule has 1 fully saturated rings. The average Bonchev–Trinajstić information content (AvgIpc) is 2.74. The van der Waals surface area contributed by atoms with Crippen LogP contribution in [0.25, 0.3) is 0 Å². The van der Waals surface area contributed by atoms with E-state index < -0.39 is 6.04 Å². The maximum absolute atomic E-state index is 12.8. The first kappa shape index (κ1) is 28.4. The predicted octanol–water partition coefficient (Wildman–Crippen LogP) is 5.71. The Labute approximate surface area is 195 Å². The summed E-state index contributed by atoms with van der Waals surface area (Å²) in [5.74, 6) is -0.308. The van der Waals surface area contributed by atoms with Crippen molar-refractivity contribution in [1.82, 2.24) is 5.32 Å². The van der Waals surface area contributed by atoms with Gasteiger partial charge >= 0.3 is 11.9 Å². The molecule has 4 atom stereocenters. The number of ether oxygens (including phenoxy) is 2. The SMILES string of the molecule is CCCCCCCC[C@@H](C[C@@H]1OC(=O)[C@H]1CCCCCC)OC(=O)[C@H](CC(C)C)NC=O. The van der Waals surface area contributed by atoms with Crippen molar-refractivity contribution in [2.24, 2.45) is 11.8 Å². The van der Waals surface area contributed by atoms with Crippen LogP contribution in [0.1, 0.15) is 118 Å². The van der Waals surface area contributed by atoms with Gasteiger partial charge in [0.05, 0.1) is 5.92 Å². The summed E-state index contributed by atoms with van der Waals surface area (Å²) in [4.78, 5) is 35.8. The summed E-state index contributed by atoms with van der Waals surface area (Å²) >= 11 is 0. The van der Waals surface area contributed by atoms with Crippen molar-refractivity contribution in [3.8, 4) is 0 Å². The lowest BCUT2D eigenvalue weighted by atomic mass is 9.86. The third-order valence-corrected chi connectivity index (χ3v) is 6.31. The topological polar surface area (TPSA) is 81.7 Å². The molecule has 0 spiro atoms. The van der Waals surface area contributed by atoms with Crippen molar-refractivity contribution in [2.45, 2.75) is 136 Å². The summed E-state index contributed by atoms with van der Waals surface area (Å²) in [5.41, 5.74) is 0. The number of carbonyl (C=O) groups is 3. The zero-order valence-corrected chi connectivity index (χ0v) is 20.9. The summed E-state index contributed by atoms with van der Waals surface area (Å²) in [7, 11) is 0. The molecule has 0 aromatic rings. The third kappa shape index (κ3) is 11.3. The molecule has 186 valence electrons. The molecule has 6 nitrogen and oxygen atoms in total. The van der Waals surface area contributed by atoms with Gasteiger partial charge < -0.3 is 14.8 Å². The average molecular weight is 454 g/mol. The second-order valence-electron chi connectivity index (χ2n) is 9.75. The fraction of sp³-hybridized carbons (Fsp3) is 0.885. The first-order chi connectivity index (χ1) is 15.4. The minimum absolute atomic E-state index is 0.0721. The lowest BCUT2D eigenvalue weighted by molar-refractivity contribution is -0.190. The van der Waals surface area contributed by atoms with Crippen LogP contribution in [0.4, 0.5) is 0 Å². The predicted molar refractivity (Wildman–Crippen MR) is 127 cm³/mol. The van der Waals surface area contributed by atoms with Crippen LogP contribution in [0, 0.1) is 11.8 Å². The third-order valence-electron chi connectivity index (χ3n) is 6.31. The van der Waals surface area contributed by atoms with E-state index in [1.807, 2.05) is 13.8 Å². The highest BCUT2D eigenvalue weighted by atomic mass is 16.6. The van der Waals surface area contributed by atoms with Gasteiger partial charge in [-0.15, -0.1) is 0 Å². The molecule has 1 amide bonds. The highest BCUT2D eigenvalue weighted by Gasteiger charge is 2.43. The number of hydrogen-bond donors (Lipinski definition) is 1. The summed E-state index contributed by atoms with van der Waals surface area (Å²) in [6.07, 6.45) is 14.4. The smallest absolute Gasteiger partial charge is 0.328 e. The number of hydrogen-bond acceptors (Lipinski definition) is 5. The van der Waals surface area contributed by atoms with E-state index in [9.17, 15) is 14.4 Å². The second kappa shape index (κ2) is 17.0. The second-order valence-corrected chi connectivity index (χ2v) is 9.75.